The molecule has 0 fully saturated rings. The minimum Gasteiger partial charge on any atom is -0.481 e. The summed E-state index contributed by atoms with van der Waals surface area (Å²) < 4.78 is 0. The summed E-state index contributed by atoms with van der Waals surface area (Å²) in [5.41, 5.74) is 1.20. The van der Waals surface area contributed by atoms with E-state index < -0.39 is 17.9 Å². The summed E-state index contributed by atoms with van der Waals surface area (Å²) in [6.45, 7) is 0. The molecule has 0 unspecified atom stereocenters. The first-order valence-electron chi connectivity index (χ1n) is 7.35. The van der Waals surface area contributed by atoms with E-state index in [9.17, 15) is 14.4 Å². The molecular formula is C18H17NO5. The van der Waals surface area contributed by atoms with Crippen LogP contribution in [0, 0.1) is 0 Å². The maximum absolute atomic E-state index is 12.2. The number of hydrogen-bond acceptors (Lipinski definition) is 3. The molecule has 24 heavy (non-hydrogen) atoms. The van der Waals surface area contributed by atoms with Crippen LogP contribution >= 0.6 is 0 Å². The van der Waals surface area contributed by atoms with Crippen LogP contribution in [0.5, 0.6) is 0 Å². The van der Waals surface area contributed by atoms with E-state index in [0.717, 1.165) is 5.56 Å². The van der Waals surface area contributed by atoms with Crippen LogP contribution in [-0.2, 0) is 9.59 Å². The number of carbonyl (C=O) groups is 3. The van der Waals surface area contributed by atoms with Crippen molar-refractivity contribution in [2.24, 2.45) is 0 Å². The molecule has 0 saturated heterocycles. The van der Waals surface area contributed by atoms with Gasteiger partial charge < -0.3 is 15.5 Å². The molecule has 0 spiro atoms. The first kappa shape index (κ1) is 17.2. The lowest BCUT2D eigenvalue weighted by Gasteiger charge is -2.15. The van der Waals surface area contributed by atoms with E-state index in [1.165, 1.54) is 18.2 Å². The summed E-state index contributed by atoms with van der Waals surface area (Å²) in [7, 11) is 0. The highest BCUT2D eigenvalue weighted by atomic mass is 16.4. The van der Waals surface area contributed by atoms with Crippen LogP contribution < -0.4 is 5.32 Å². The van der Waals surface area contributed by atoms with E-state index in [4.69, 9.17) is 10.2 Å². The zero-order valence-corrected chi connectivity index (χ0v) is 12.8. The molecule has 3 N–H and O–H groups in total. The van der Waals surface area contributed by atoms with Crippen molar-refractivity contribution in [3.05, 3.63) is 65.7 Å². The molecule has 0 saturated carbocycles. The van der Waals surface area contributed by atoms with E-state index in [1.807, 2.05) is 6.07 Å². The Morgan fingerprint density at radius 1 is 0.917 bits per heavy atom. The van der Waals surface area contributed by atoms with Crippen molar-refractivity contribution >= 4 is 23.5 Å². The monoisotopic (exact) mass is 327 g/mol. The van der Waals surface area contributed by atoms with Crippen LogP contribution in [0.1, 0.15) is 34.7 Å². The average molecular weight is 327 g/mol. The third-order valence-corrected chi connectivity index (χ3v) is 3.52. The van der Waals surface area contributed by atoms with E-state index in [0.29, 0.717) is 5.69 Å². The predicted molar refractivity (Wildman–Crippen MR) is 88.1 cm³/mol. The number of rotatable bonds is 7. The zero-order chi connectivity index (χ0) is 17.5. The summed E-state index contributed by atoms with van der Waals surface area (Å²) in [5.74, 6) is -2.89. The summed E-state index contributed by atoms with van der Waals surface area (Å²) in [6, 6.07) is 14.9. The van der Waals surface area contributed by atoms with E-state index >= 15 is 0 Å². The number of carboxylic acids is 2. The molecule has 1 atom stereocenters. The number of aliphatic carboxylic acids is 1. The van der Waals surface area contributed by atoms with Gasteiger partial charge in [0.05, 0.1) is 12.0 Å². The van der Waals surface area contributed by atoms with Gasteiger partial charge in [0.1, 0.15) is 0 Å². The normalized spacial score (nSPS) is 11.5. The molecule has 0 bridgehead atoms. The Morgan fingerprint density at radius 3 is 2.25 bits per heavy atom. The summed E-state index contributed by atoms with van der Waals surface area (Å²) in [6.07, 6.45) is -0.166. The average Bonchev–Trinajstić information content (AvgIpc) is 2.55. The Balaban J connectivity index is 2.09. The Labute approximate surface area is 138 Å². The van der Waals surface area contributed by atoms with Gasteiger partial charge in [-0.05, 0) is 23.8 Å². The third-order valence-electron chi connectivity index (χ3n) is 3.52. The third kappa shape index (κ3) is 4.95. The molecule has 2 aromatic carbocycles. The second kappa shape index (κ2) is 7.92. The minimum atomic E-state index is -1.08. The number of amides is 1. The van der Waals surface area contributed by atoms with Crippen molar-refractivity contribution in [1.82, 2.24) is 0 Å². The maximum atomic E-state index is 12.2. The molecule has 0 aliphatic heterocycles. The van der Waals surface area contributed by atoms with E-state index in [-0.39, 0.29) is 24.3 Å². The molecule has 0 aliphatic rings. The van der Waals surface area contributed by atoms with Crippen LogP contribution in [0.15, 0.2) is 54.6 Å². The summed E-state index contributed by atoms with van der Waals surface area (Å²) >= 11 is 0. The number of nitrogens with one attached hydrogen (secondary N) is 1. The van der Waals surface area contributed by atoms with Crippen LogP contribution in [0.25, 0.3) is 0 Å². The highest BCUT2D eigenvalue weighted by molar-refractivity contribution is 5.94. The fraction of sp³-hybridized carbons (Fsp3) is 0.167. The molecule has 2 rings (SSSR count). The van der Waals surface area contributed by atoms with Crippen LogP contribution in [0.2, 0.25) is 0 Å². The fourth-order valence-electron chi connectivity index (χ4n) is 2.41. The number of hydrogen-bond donors (Lipinski definition) is 3. The van der Waals surface area contributed by atoms with Gasteiger partial charge in [-0.1, -0.05) is 36.4 Å². The Bertz CT molecular complexity index is 742. The van der Waals surface area contributed by atoms with Crippen LogP contribution in [0.3, 0.4) is 0 Å². The summed E-state index contributed by atoms with van der Waals surface area (Å²) in [5, 5.41) is 20.6. The molecule has 6 nitrogen and oxygen atoms in total. The van der Waals surface area contributed by atoms with Crippen molar-refractivity contribution in [2.75, 3.05) is 5.32 Å². The first-order chi connectivity index (χ1) is 11.5. The Hall–Kier alpha value is -3.15. The van der Waals surface area contributed by atoms with E-state index in [1.54, 1.807) is 30.3 Å². The van der Waals surface area contributed by atoms with Gasteiger partial charge in [0, 0.05) is 18.0 Å². The lowest BCUT2D eigenvalue weighted by molar-refractivity contribution is -0.137. The van der Waals surface area contributed by atoms with Gasteiger partial charge >= 0.3 is 11.9 Å². The maximum Gasteiger partial charge on any atom is 0.335 e. The van der Waals surface area contributed by atoms with E-state index in [2.05, 4.69) is 5.32 Å². The van der Waals surface area contributed by atoms with Crippen LogP contribution in [-0.4, -0.2) is 28.1 Å². The lowest BCUT2D eigenvalue weighted by atomic mass is 9.92. The van der Waals surface area contributed by atoms with Gasteiger partial charge in [0.25, 0.3) is 0 Å². The minimum absolute atomic E-state index is 0.00634. The van der Waals surface area contributed by atoms with Gasteiger partial charge in [-0.25, -0.2) is 4.79 Å². The van der Waals surface area contributed by atoms with Gasteiger partial charge in [0.15, 0.2) is 0 Å². The van der Waals surface area contributed by atoms with Gasteiger partial charge in [-0.15, -0.1) is 0 Å². The van der Waals surface area contributed by atoms with Crippen molar-refractivity contribution in [3.8, 4) is 0 Å². The van der Waals surface area contributed by atoms with Crippen molar-refractivity contribution in [1.29, 1.82) is 0 Å². The van der Waals surface area contributed by atoms with Gasteiger partial charge in [-0.2, -0.15) is 0 Å². The van der Waals surface area contributed by atoms with Crippen molar-refractivity contribution in [3.63, 3.8) is 0 Å². The quantitative estimate of drug-likeness (QED) is 0.725. The molecule has 1 amide bonds. The molecule has 0 radical (unpaired) electrons. The number of aromatic carboxylic acids is 1. The topological polar surface area (TPSA) is 104 Å². The second-order valence-corrected chi connectivity index (χ2v) is 5.34. The van der Waals surface area contributed by atoms with Crippen molar-refractivity contribution < 1.29 is 24.6 Å². The molecule has 2 aromatic rings. The molecular weight excluding hydrogens is 310 g/mol. The van der Waals surface area contributed by atoms with Crippen LogP contribution in [0.4, 0.5) is 5.69 Å². The molecule has 0 heterocycles. The standard InChI is InChI=1S/C18H17NO5/c20-16(19-15-8-4-7-13(9-15)18(23)24)10-14(11-17(21)22)12-5-2-1-3-6-12/h1-9,14H,10-11H2,(H,19,20)(H,21,22)(H,23,24)/t14-/m1/s1. The highest BCUT2D eigenvalue weighted by Crippen LogP contribution is 2.24. The Kier molecular flexibility index (Phi) is 5.68. The number of carboxylic acid groups (broad SMARTS) is 2. The largest absolute Gasteiger partial charge is 0.481 e. The number of carbonyl (C=O) groups excluding carboxylic acids is 1. The molecule has 6 heteroatoms. The van der Waals surface area contributed by atoms with Gasteiger partial charge in [0.2, 0.25) is 5.91 Å². The van der Waals surface area contributed by atoms with Gasteiger partial charge in [-0.3, -0.25) is 9.59 Å². The fourth-order valence-corrected chi connectivity index (χ4v) is 2.41. The Morgan fingerprint density at radius 2 is 1.62 bits per heavy atom. The SMILES string of the molecule is O=C(O)C[C@@H](CC(=O)Nc1cccc(C(=O)O)c1)c1ccccc1. The number of anilines is 1. The predicted octanol–water partition coefficient (Wildman–Crippen LogP) is 2.97. The second-order valence-electron chi connectivity index (χ2n) is 5.34. The molecule has 124 valence electrons. The first-order valence-corrected chi connectivity index (χ1v) is 7.35. The number of benzene rings is 2. The molecule has 0 aliphatic carbocycles. The summed E-state index contributed by atoms with van der Waals surface area (Å²) in [4.78, 5) is 34.2. The zero-order valence-electron chi connectivity index (χ0n) is 12.8. The lowest BCUT2D eigenvalue weighted by Crippen LogP contribution is -2.18. The molecule has 0 aromatic heterocycles. The smallest absolute Gasteiger partial charge is 0.335 e. The van der Waals surface area contributed by atoms with Crippen molar-refractivity contribution in [2.45, 2.75) is 18.8 Å². The highest BCUT2D eigenvalue weighted by Gasteiger charge is 2.19.